The number of amides is 2. The molecule has 0 aliphatic heterocycles. The Morgan fingerprint density at radius 3 is 2.34 bits per heavy atom. The highest BCUT2D eigenvalue weighted by atomic mass is 28.3. The van der Waals surface area contributed by atoms with Gasteiger partial charge in [0.2, 0.25) is 0 Å². The molecule has 0 heterocycles. The topological polar surface area (TPSA) is 76.7 Å². The standard InChI is InChI=1S/C23H36F2N2O4Si/c1-32(2,3)12-11-30-22(28)26-10-9-19(13-18-14-20(24)21(25)15-18)27-23(29)31-16-17-7-5-4-6-8-17/h4-8,18-21H,9-16H2,1-3H3,(H,26,28)(H,27,29). The van der Waals surface area contributed by atoms with Gasteiger partial charge in [-0.1, -0.05) is 50.0 Å². The molecule has 32 heavy (non-hydrogen) atoms. The average molecular weight is 471 g/mol. The van der Waals surface area contributed by atoms with Gasteiger partial charge < -0.3 is 20.1 Å². The minimum atomic E-state index is -1.45. The van der Waals surface area contributed by atoms with Gasteiger partial charge in [0.05, 0.1) is 6.61 Å². The van der Waals surface area contributed by atoms with Crippen LogP contribution in [0.15, 0.2) is 30.3 Å². The van der Waals surface area contributed by atoms with Crippen LogP contribution in [0.1, 0.15) is 31.2 Å². The number of hydrogen-bond donors (Lipinski definition) is 2. The van der Waals surface area contributed by atoms with E-state index in [0.29, 0.717) is 19.4 Å². The number of benzene rings is 1. The first-order chi connectivity index (χ1) is 15.1. The van der Waals surface area contributed by atoms with Gasteiger partial charge in [-0.15, -0.1) is 0 Å². The van der Waals surface area contributed by atoms with Crippen molar-refractivity contribution in [2.24, 2.45) is 5.92 Å². The molecule has 0 aromatic heterocycles. The second kappa shape index (κ2) is 12.8. The molecule has 3 unspecified atom stereocenters. The number of carbonyl (C=O) groups excluding carboxylic acids is 2. The number of hydrogen-bond acceptors (Lipinski definition) is 4. The minimum Gasteiger partial charge on any atom is -0.450 e. The van der Waals surface area contributed by atoms with Crippen molar-refractivity contribution in [1.29, 1.82) is 0 Å². The summed E-state index contributed by atoms with van der Waals surface area (Å²) in [4.78, 5) is 24.2. The van der Waals surface area contributed by atoms with E-state index in [2.05, 4.69) is 30.3 Å². The van der Waals surface area contributed by atoms with Crippen molar-refractivity contribution < 1.29 is 27.8 Å². The van der Waals surface area contributed by atoms with E-state index in [4.69, 9.17) is 9.47 Å². The lowest BCUT2D eigenvalue weighted by molar-refractivity contribution is 0.133. The smallest absolute Gasteiger partial charge is 0.407 e. The summed E-state index contributed by atoms with van der Waals surface area (Å²) in [6.45, 7) is 7.40. The van der Waals surface area contributed by atoms with Crippen molar-refractivity contribution in [3.05, 3.63) is 35.9 Å². The summed E-state index contributed by atoms with van der Waals surface area (Å²) in [7, 11) is -1.28. The molecule has 1 aliphatic rings. The Labute approximate surface area is 190 Å². The summed E-state index contributed by atoms with van der Waals surface area (Å²) in [6.07, 6.45) is -2.88. The van der Waals surface area contributed by atoms with Crippen LogP contribution in [0, 0.1) is 5.92 Å². The molecule has 0 spiro atoms. The van der Waals surface area contributed by atoms with E-state index in [1.807, 2.05) is 30.3 Å². The summed E-state index contributed by atoms with van der Waals surface area (Å²) < 4.78 is 37.7. The highest BCUT2D eigenvalue weighted by Gasteiger charge is 2.35. The van der Waals surface area contributed by atoms with Crippen LogP contribution in [0.4, 0.5) is 18.4 Å². The van der Waals surface area contributed by atoms with Crippen LogP contribution < -0.4 is 10.6 Å². The minimum absolute atomic E-state index is 0.129. The first kappa shape index (κ1) is 26.1. The molecule has 2 N–H and O–H groups in total. The van der Waals surface area contributed by atoms with Crippen molar-refractivity contribution in [3.8, 4) is 0 Å². The summed E-state index contributed by atoms with van der Waals surface area (Å²) in [5, 5.41) is 5.47. The van der Waals surface area contributed by atoms with Gasteiger partial charge in [-0.05, 0) is 43.2 Å². The summed E-state index contributed by atoms with van der Waals surface area (Å²) in [5.41, 5.74) is 0.860. The van der Waals surface area contributed by atoms with Crippen molar-refractivity contribution in [2.75, 3.05) is 13.2 Å². The van der Waals surface area contributed by atoms with Crippen LogP contribution >= 0.6 is 0 Å². The van der Waals surface area contributed by atoms with Gasteiger partial charge in [0.25, 0.3) is 0 Å². The van der Waals surface area contributed by atoms with Crippen LogP contribution in [0.2, 0.25) is 25.7 Å². The van der Waals surface area contributed by atoms with Gasteiger partial charge in [-0.3, -0.25) is 0 Å². The summed E-state index contributed by atoms with van der Waals surface area (Å²) in [5.74, 6) is -0.164. The lowest BCUT2D eigenvalue weighted by atomic mass is 9.96. The molecular weight excluding hydrogens is 434 g/mol. The zero-order valence-corrected chi connectivity index (χ0v) is 20.2. The van der Waals surface area contributed by atoms with Gasteiger partial charge in [0, 0.05) is 20.7 Å². The summed E-state index contributed by atoms with van der Waals surface area (Å²) in [6, 6.07) is 9.80. The first-order valence-electron chi connectivity index (χ1n) is 11.3. The number of nitrogens with one attached hydrogen (secondary N) is 2. The van der Waals surface area contributed by atoms with Crippen LogP contribution in [0.3, 0.4) is 0 Å². The SMILES string of the molecule is C[Si](C)(C)CCOC(=O)NCCC(CC1CC(F)C(F)C1)NC(=O)OCc1ccccc1. The fourth-order valence-corrected chi connectivity index (χ4v) is 4.37. The van der Waals surface area contributed by atoms with Gasteiger partial charge in [0.15, 0.2) is 0 Å². The number of alkyl carbamates (subject to hydrolysis) is 2. The number of ether oxygens (including phenoxy) is 2. The fraction of sp³-hybridized carbons (Fsp3) is 0.652. The summed E-state index contributed by atoms with van der Waals surface area (Å²) >= 11 is 0. The first-order valence-corrected chi connectivity index (χ1v) is 15.0. The molecule has 1 saturated carbocycles. The highest BCUT2D eigenvalue weighted by Crippen LogP contribution is 2.34. The molecule has 0 radical (unpaired) electrons. The van der Waals surface area contributed by atoms with Crippen molar-refractivity contribution >= 4 is 20.3 Å². The zero-order valence-electron chi connectivity index (χ0n) is 19.2. The molecule has 6 nitrogen and oxygen atoms in total. The highest BCUT2D eigenvalue weighted by molar-refractivity contribution is 6.76. The van der Waals surface area contributed by atoms with Gasteiger partial charge in [-0.25, -0.2) is 18.4 Å². The molecular formula is C23H36F2N2O4Si. The molecule has 1 aromatic rings. The van der Waals surface area contributed by atoms with Gasteiger partial charge in [-0.2, -0.15) is 0 Å². The van der Waals surface area contributed by atoms with E-state index in [-0.39, 0.29) is 38.0 Å². The van der Waals surface area contributed by atoms with Crippen LogP contribution in [-0.2, 0) is 16.1 Å². The predicted octanol–water partition coefficient (Wildman–Crippen LogP) is 5.21. The maximum atomic E-state index is 13.6. The van der Waals surface area contributed by atoms with E-state index >= 15 is 0 Å². The molecule has 3 atom stereocenters. The number of alkyl halides is 2. The predicted molar refractivity (Wildman–Crippen MR) is 123 cm³/mol. The van der Waals surface area contributed by atoms with Crippen LogP contribution in [0.5, 0.6) is 0 Å². The third kappa shape index (κ3) is 10.4. The Hall–Kier alpha value is -2.16. The number of rotatable bonds is 11. The molecule has 1 fully saturated rings. The lowest BCUT2D eigenvalue weighted by Crippen LogP contribution is -2.39. The molecule has 0 saturated heterocycles. The molecule has 1 aliphatic carbocycles. The van der Waals surface area contributed by atoms with Gasteiger partial charge in [0.1, 0.15) is 19.0 Å². The van der Waals surface area contributed by atoms with Gasteiger partial charge >= 0.3 is 12.2 Å². The molecule has 1 aromatic carbocycles. The second-order valence-electron chi connectivity index (χ2n) is 9.67. The molecule has 0 bridgehead atoms. The zero-order chi connectivity index (χ0) is 23.6. The number of carbonyl (C=O) groups is 2. The van der Waals surface area contributed by atoms with E-state index in [9.17, 15) is 18.4 Å². The molecule has 180 valence electrons. The van der Waals surface area contributed by atoms with E-state index in [1.54, 1.807) is 0 Å². The molecule has 2 rings (SSSR count). The van der Waals surface area contributed by atoms with Crippen molar-refractivity contribution in [1.82, 2.24) is 10.6 Å². The normalized spacial score (nSPS) is 21.6. The Morgan fingerprint density at radius 2 is 1.72 bits per heavy atom. The van der Waals surface area contributed by atoms with Crippen molar-refractivity contribution in [3.63, 3.8) is 0 Å². The Kier molecular flexibility index (Phi) is 10.4. The maximum Gasteiger partial charge on any atom is 0.407 e. The van der Waals surface area contributed by atoms with Crippen LogP contribution in [-0.4, -0.2) is 51.8 Å². The Balaban J connectivity index is 1.79. The Morgan fingerprint density at radius 1 is 1.06 bits per heavy atom. The largest absolute Gasteiger partial charge is 0.450 e. The monoisotopic (exact) mass is 470 g/mol. The fourth-order valence-electron chi connectivity index (χ4n) is 3.65. The number of halogens is 2. The van der Waals surface area contributed by atoms with E-state index in [0.717, 1.165) is 11.6 Å². The third-order valence-corrected chi connectivity index (χ3v) is 7.21. The van der Waals surface area contributed by atoms with Crippen LogP contribution in [0.25, 0.3) is 0 Å². The van der Waals surface area contributed by atoms with E-state index < -0.39 is 32.6 Å². The van der Waals surface area contributed by atoms with Crippen molar-refractivity contribution in [2.45, 2.75) is 76.4 Å². The quantitative estimate of drug-likeness (QED) is 0.435. The maximum absolute atomic E-state index is 13.6. The Bertz CT molecular complexity index is 708. The van der Waals surface area contributed by atoms with E-state index in [1.165, 1.54) is 0 Å². The lowest BCUT2D eigenvalue weighted by Gasteiger charge is -2.22. The third-order valence-electron chi connectivity index (χ3n) is 5.51. The molecule has 2 amide bonds. The average Bonchev–Trinajstić information content (AvgIpc) is 3.03. The molecule has 9 heteroatoms. The second-order valence-corrected chi connectivity index (χ2v) is 15.3.